The normalized spacial score (nSPS) is 43.9. The van der Waals surface area contributed by atoms with Gasteiger partial charge in [-0.15, -0.1) is 0 Å². The van der Waals surface area contributed by atoms with E-state index in [0.29, 0.717) is 22.7 Å². The Morgan fingerprint density at radius 3 is 2.56 bits per heavy atom. The average molecular weight is 371 g/mol. The fourth-order valence-corrected chi connectivity index (χ4v) is 7.39. The molecule has 0 nitrogen and oxygen atoms in total. The molecule has 0 heterocycles. The zero-order valence-electron chi connectivity index (χ0n) is 19.2. The third-order valence-electron chi connectivity index (χ3n) is 9.83. The van der Waals surface area contributed by atoms with Crippen molar-refractivity contribution >= 4 is 0 Å². The van der Waals surface area contributed by atoms with Crippen molar-refractivity contribution in [2.75, 3.05) is 0 Å². The molecule has 0 aromatic carbocycles. The maximum atomic E-state index is 4.46. The van der Waals surface area contributed by atoms with Crippen LogP contribution in [0.25, 0.3) is 0 Å². The summed E-state index contributed by atoms with van der Waals surface area (Å²) >= 11 is 0. The van der Waals surface area contributed by atoms with Crippen molar-refractivity contribution in [3.05, 3.63) is 23.8 Å². The van der Waals surface area contributed by atoms with E-state index in [-0.39, 0.29) is 0 Å². The molecule has 3 aliphatic rings. The molecule has 6 atom stereocenters. The number of hydrogen-bond acceptors (Lipinski definition) is 0. The Bertz CT molecular complexity index is 567. The second-order valence-electron chi connectivity index (χ2n) is 11.2. The van der Waals surface area contributed by atoms with Gasteiger partial charge in [0.1, 0.15) is 0 Å². The number of hydrogen-bond donors (Lipinski definition) is 0. The molecule has 154 valence electrons. The quantitative estimate of drug-likeness (QED) is 0.425. The Kier molecular flexibility index (Phi) is 6.34. The van der Waals surface area contributed by atoms with Gasteiger partial charge >= 0.3 is 0 Å². The van der Waals surface area contributed by atoms with E-state index >= 15 is 0 Å². The Hall–Kier alpha value is -0.520. The van der Waals surface area contributed by atoms with Gasteiger partial charge in [0.05, 0.1) is 0 Å². The molecular weight excluding hydrogens is 324 g/mol. The van der Waals surface area contributed by atoms with Crippen molar-refractivity contribution in [1.82, 2.24) is 0 Å². The van der Waals surface area contributed by atoms with E-state index in [2.05, 4.69) is 54.2 Å². The molecule has 3 rings (SSSR count). The van der Waals surface area contributed by atoms with E-state index in [1.54, 1.807) is 5.57 Å². The maximum Gasteiger partial charge on any atom is 0.000690 e. The molecule has 0 aliphatic heterocycles. The summed E-state index contributed by atoms with van der Waals surface area (Å²) in [5.74, 6) is 4.03. The van der Waals surface area contributed by atoms with Crippen LogP contribution in [0.3, 0.4) is 0 Å². The topological polar surface area (TPSA) is 0 Å². The van der Waals surface area contributed by atoms with Crippen molar-refractivity contribution in [3.63, 3.8) is 0 Å². The minimum absolute atomic E-state index is 0.556. The summed E-state index contributed by atoms with van der Waals surface area (Å²) in [5, 5.41) is 0. The van der Waals surface area contributed by atoms with Crippen LogP contribution in [0.2, 0.25) is 0 Å². The van der Waals surface area contributed by atoms with E-state index in [0.717, 1.165) is 17.8 Å². The van der Waals surface area contributed by atoms with Gasteiger partial charge in [0.15, 0.2) is 0 Å². The summed E-state index contributed by atoms with van der Waals surface area (Å²) in [7, 11) is 0. The fraction of sp³-hybridized carbons (Fsp3) is 0.852. The molecule has 27 heavy (non-hydrogen) atoms. The largest absolute Gasteiger partial charge is 0.0990 e. The molecule has 3 aliphatic carbocycles. The minimum Gasteiger partial charge on any atom is -0.0990 e. The summed E-state index contributed by atoms with van der Waals surface area (Å²) < 4.78 is 0. The van der Waals surface area contributed by atoms with Crippen LogP contribution in [-0.2, 0) is 0 Å². The zero-order valence-corrected chi connectivity index (χ0v) is 19.2. The van der Waals surface area contributed by atoms with Gasteiger partial charge < -0.3 is 0 Å². The lowest BCUT2D eigenvalue weighted by Gasteiger charge is -2.60. The number of allylic oxidation sites excluding steroid dienone is 3. The molecule has 0 bridgehead atoms. The summed E-state index contributed by atoms with van der Waals surface area (Å²) in [6.45, 7) is 19.4. The van der Waals surface area contributed by atoms with E-state index in [4.69, 9.17) is 0 Å². The van der Waals surface area contributed by atoms with E-state index in [1.165, 1.54) is 69.8 Å². The first-order chi connectivity index (χ1) is 12.7. The molecule has 3 saturated carbocycles. The maximum absolute atomic E-state index is 4.46. The fourth-order valence-electron chi connectivity index (χ4n) is 7.39. The van der Waals surface area contributed by atoms with Gasteiger partial charge in [-0.05, 0) is 85.9 Å². The van der Waals surface area contributed by atoms with Crippen LogP contribution in [0, 0.1) is 40.4 Å². The van der Waals surface area contributed by atoms with Crippen LogP contribution in [0.5, 0.6) is 0 Å². The minimum atomic E-state index is 0.556. The van der Waals surface area contributed by atoms with Crippen molar-refractivity contribution in [1.29, 1.82) is 0 Å². The van der Waals surface area contributed by atoms with Crippen LogP contribution in [0.15, 0.2) is 23.8 Å². The Balaban J connectivity index is 1.78. The van der Waals surface area contributed by atoms with Gasteiger partial charge in [-0.1, -0.05) is 78.2 Å². The van der Waals surface area contributed by atoms with Gasteiger partial charge in [0, 0.05) is 5.92 Å². The highest BCUT2D eigenvalue weighted by molar-refractivity contribution is 5.24. The standard InChI is InChI=1S/C27H46/c1-8-26(6)20(4)17-18-27(7)23(12-10-14-25(26)27)16-15-22-11-9-13-24(22)21(5)19(2)3/h15,19-20,23-25H,5,8-14,16-18H2,1-4,6-7H3/b22-15-. The van der Waals surface area contributed by atoms with Crippen molar-refractivity contribution in [2.45, 2.75) is 106 Å². The van der Waals surface area contributed by atoms with Crippen LogP contribution in [0.1, 0.15) is 106 Å². The summed E-state index contributed by atoms with van der Waals surface area (Å²) in [4.78, 5) is 0. The predicted octanol–water partition coefficient (Wildman–Crippen LogP) is 8.58. The molecule has 0 saturated heterocycles. The van der Waals surface area contributed by atoms with Gasteiger partial charge in [-0.25, -0.2) is 0 Å². The molecule has 0 spiro atoms. The highest BCUT2D eigenvalue weighted by atomic mass is 14.6. The van der Waals surface area contributed by atoms with Crippen molar-refractivity contribution in [3.8, 4) is 0 Å². The Morgan fingerprint density at radius 1 is 1.15 bits per heavy atom. The molecule has 0 aromatic heterocycles. The lowest BCUT2D eigenvalue weighted by molar-refractivity contribution is -0.110. The summed E-state index contributed by atoms with van der Waals surface area (Å²) in [6, 6.07) is 0. The molecule has 0 heteroatoms. The van der Waals surface area contributed by atoms with E-state index < -0.39 is 0 Å². The number of fused-ring (bicyclic) bond motifs is 1. The molecule has 0 amide bonds. The van der Waals surface area contributed by atoms with Crippen LogP contribution >= 0.6 is 0 Å². The Morgan fingerprint density at radius 2 is 1.89 bits per heavy atom. The van der Waals surface area contributed by atoms with Crippen LogP contribution in [-0.4, -0.2) is 0 Å². The first kappa shape index (κ1) is 21.2. The summed E-state index contributed by atoms with van der Waals surface area (Å²) in [5.41, 5.74) is 4.34. The molecule has 6 unspecified atom stereocenters. The summed E-state index contributed by atoms with van der Waals surface area (Å²) in [6.07, 6.45) is 16.7. The van der Waals surface area contributed by atoms with Gasteiger partial charge in [-0.2, -0.15) is 0 Å². The first-order valence-electron chi connectivity index (χ1n) is 12.1. The number of rotatable bonds is 5. The third kappa shape index (κ3) is 3.72. The Labute approximate surface area is 170 Å². The average Bonchev–Trinajstić information content (AvgIpc) is 3.11. The zero-order chi connectivity index (χ0) is 19.8. The molecular formula is C27H46. The molecule has 0 N–H and O–H groups in total. The third-order valence-corrected chi connectivity index (χ3v) is 9.83. The SMILES string of the molecule is C=C(C(C)C)C1CCC/C1=C/CC1CCCC2C(C)(CC)C(C)CCC12C. The molecule has 3 fully saturated rings. The predicted molar refractivity (Wildman–Crippen MR) is 120 cm³/mol. The highest BCUT2D eigenvalue weighted by Crippen LogP contribution is 2.63. The first-order valence-corrected chi connectivity index (χ1v) is 12.1. The van der Waals surface area contributed by atoms with E-state index in [1.807, 2.05) is 0 Å². The monoisotopic (exact) mass is 370 g/mol. The molecule has 0 radical (unpaired) electrons. The second-order valence-corrected chi connectivity index (χ2v) is 11.2. The lowest BCUT2D eigenvalue weighted by Crippen LogP contribution is -2.52. The lowest BCUT2D eigenvalue weighted by atomic mass is 9.44. The van der Waals surface area contributed by atoms with Crippen LogP contribution in [0.4, 0.5) is 0 Å². The smallest absolute Gasteiger partial charge is 0.000690 e. The van der Waals surface area contributed by atoms with Crippen LogP contribution < -0.4 is 0 Å². The second kappa shape index (κ2) is 8.08. The van der Waals surface area contributed by atoms with Gasteiger partial charge in [0.25, 0.3) is 0 Å². The van der Waals surface area contributed by atoms with Crippen molar-refractivity contribution in [2.24, 2.45) is 40.4 Å². The highest BCUT2D eigenvalue weighted by Gasteiger charge is 2.54. The van der Waals surface area contributed by atoms with E-state index in [9.17, 15) is 0 Å². The van der Waals surface area contributed by atoms with Crippen molar-refractivity contribution < 1.29 is 0 Å². The van der Waals surface area contributed by atoms with Gasteiger partial charge in [0.2, 0.25) is 0 Å². The van der Waals surface area contributed by atoms with Gasteiger partial charge in [-0.3, -0.25) is 0 Å². The molecule has 0 aromatic rings.